The molecule has 1 aromatic rings. The largest absolute Gasteiger partial charge is 0.364 e. The monoisotopic (exact) mass is 240 g/mol. The molecule has 92 valence electrons. The Balaban J connectivity index is 2.94. The Hall–Kier alpha value is -2.31. The number of amides is 1. The zero-order valence-corrected chi connectivity index (χ0v) is 9.35. The number of aromatic amines is 1. The van der Waals surface area contributed by atoms with E-state index in [9.17, 15) is 14.4 Å². The van der Waals surface area contributed by atoms with E-state index in [-0.39, 0.29) is 5.69 Å². The summed E-state index contributed by atoms with van der Waals surface area (Å²) in [7, 11) is 0. The molecule has 0 aromatic carbocycles. The van der Waals surface area contributed by atoms with Crippen LogP contribution in [0.25, 0.3) is 0 Å². The molecule has 1 rings (SSSR count). The quantitative estimate of drug-likeness (QED) is 0.566. The molecule has 7 heteroatoms. The van der Waals surface area contributed by atoms with Crippen molar-refractivity contribution in [1.82, 2.24) is 4.98 Å². The SMILES string of the molecule is CC(C)C(=O)OOc1c(C(N)=O)[nH]ccc1=O. The van der Waals surface area contributed by atoms with Gasteiger partial charge in [-0.05, 0) is 0 Å². The van der Waals surface area contributed by atoms with E-state index in [1.807, 2.05) is 0 Å². The molecule has 3 N–H and O–H groups in total. The number of carbonyl (C=O) groups is 2. The zero-order chi connectivity index (χ0) is 13.0. The van der Waals surface area contributed by atoms with Crippen LogP contribution in [0, 0.1) is 5.92 Å². The van der Waals surface area contributed by atoms with Crippen molar-refractivity contribution >= 4 is 11.9 Å². The number of nitrogens with two attached hydrogens (primary N) is 1. The molecule has 0 bridgehead atoms. The van der Waals surface area contributed by atoms with E-state index in [1.165, 1.54) is 6.20 Å². The molecule has 0 fully saturated rings. The average molecular weight is 240 g/mol. The van der Waals surface area contributed by atoms with Crippen molar-refractivity contribution in [2.75, 3.05) is 0 Å². The van der Waals surface area contributed by atoms with E-state index >= 15 is 0 Å². The van der Waals surface area contributed by atoms with Gasteiger partial charge in [-0.1, -0.05) is 13.8 Å². The van der Waals surface area contributed by atoms with Gasteiger partial charge in [0.05, 0.1) is 5.92 Å². The van der Waals surface area contributed by atoms with Crippen LogP contribution in [-0.2, 0) is 9.68 Å². The second kappa shape index (κ2) is 5.15. The van der Waals surface area contributed by atoms with Gasteiger partial charge in [0, 0.05) is 12.3 Å². The zero-order valence-electron chi connectivity index (χ0n) is 9.35. The lowest BCUT2D eigenvalue weighted by atomic mass is 10.2. The molecular formula is C10H12N2O5. The first-order chi connectivity index (χ1) is 7.93. The van der Waals surface area contributed by atoms with Gasteiger partial charge < -0.3 is 10.7 Å². The summed E-state index contributed by atoms with van der Waals surface area (Å²) in [5.74, 6) is -2.41. The van der Waals surface area contributed by atoms with Crippen LogP contribution in [0.15, 0.2) is 17.1 Å². The maximum Gasteiger partial charge on any atom is 0.357 e. The Labute approximate surface area is 96.5 Å². The average Bonchev–Trinajstić information content (AvgIpc) is 2.26. The van der Waals surface area contributed by atoms with Crippen molar-refractivity contribution in [2.45, 2.75) is 13.8 Å². The fraction of sp³-hybridized carbons (Fsp3) is 0.300. The van der Waals surface area contributed by atoms with Crippen molar-refractivity contribution in [1.29, 1.82) is 0 Å². The second-order valence-electron chi connectivity index (χ2n) is 3.55. The molecule has 1 heterocycles. The van der Waals surface area contributed by atoms with E-state index in [4.69, 9.17) is 5.73 Å². The van der Waals surface area contributed by atoms with Gasteiger partial charge in [0.2, 0.25) is 5.43 Å². The molecule has 0 saturated heterocycles. The van der Waals surface area contributed by atoms with Gasteiger partial charge in [-0.3, -0.25) is 14.5 Å². The van der Waals surface area contributed by atoms with E-state index in [0.717, 1.165) is 6.07 Å². The van der Waals surface area contributed by atoms with Gasteiger partial charge >= 0.3 is 5.97 Å². The lowest BCUT2D eigenvalue weighted by Gasteiger charge is -2.07. The second-order valence-corrected chi connectivity index (χ2v) is 3.55. The van der Waals surface area contributed by atoms with Gasteiger partial charge in [-0.15, -0.1) is 0 Å². The van der Waals surface area contributed by atoms with Gasteiger partial charge in [0.15, 0.2) is 5.69 Å². The van der Waals surface area contributed by atoms with Gasteiger partial charge in [-0.25, -0.2) is 9.68 Å². The smallest absolute Gasteiger partial charge is 0.357 e. The molecule has 0 radical (unpaired) electrons. The first-order valence-electron chi connectivity index (χ1n) is 4.83. The number of aromatic nitrogens is 1. The minimum absolute atomic E-state index is 0.256. The van der Waals surface area contributed by atoms with Crippen LogP contribution in [0.5, 0.6) is 5.75 Å². The minimum Gasteiger partial charge on any atom is -0.364 e. The van der Waals surface area contributed by atoms with Crippen molar-refractivity contribution in [3.05, 3.63) is 28.2 Å². The van der Waals surface area contributed by atoms with Crippen LogP contribution in [0.1, 0.15) is 24.3 Å². The third kappa shape index (κ3) is 3.07. The summed E-state index contributed by atoms with van der Waals surface area (Å²) >= 11 is 0. The van der Waals surface area contributed by atoms with Crippen molar-refractivity contribution < 1.29 is 19.4 Å². The summed E-state index contributed by atoms with van der Waals surface area (Å²) < 4.78 is 0. The lowest BCUT2D eigenvalue weighted by Crippen LogP contribution is -2.22. The highest BCUT2D eigenvalue weighted by Gasteiger charge is 2.17. The molecule has 0 aliphatic rings. The molecule has 0 unspecified atom stereocenters. The van der Waals surface area contributed by atoms with Crippen LogP contribution >= 0.6 is 0 Å². The Morgan fingerprint density at radius 3 is 2.59 bits per heavy atom. The summed E-state index contributed by atoms with van der Waals surface area (Å²) in [6, 6.07) is 1.12. The van der Waals surface area contributed by atoms with E-state index in [1.54, 1.807) is 13.8 Å². The lowest BCUT2D eigenvalue weighted by molar-refractivity contribution is -0.218. The number of primary amides is 1. The van der Waals surface area contributed by atoms with E-state index < -0.39 is 29.0 Å². The number of H-pyrrole nitrogens is 1. The van der Waals surface area contributed by atoms with E-state index in [0.29, 0.717) is 0 Å². The highest BCUT2D eigenvalue weighted by molar-refractivity contribution is 5.93. The van der Waals surface area contributed by atoms with Crippen LogP contribution in [-0.4, -0.2) is 16.9 Å². The van der Waals surface area contributed by atoms with E-state index in [2.05, 4.69) is 14.8 Å². The highest BCUT2D eigenvalue weighted by Crippen LogP contribution is 2.10. The molecule has 1 aromatic heterocycles. The first kappa shape index (κ1) is 12.8. The number of rotatable bonds is 4. The molecule has 0 aliphatic heterocycles. The van der Waals surface area contributed by atoms with Crippen molar-refractivity contribution in [3.63, 3.8) is 0 Å². The number of pyridine rings is 1. The number of nitrogens with one attached hydrogen (secondary N) is 1. The predicted octanol–water partition coefficient (Wildman–Crippen LogP) is -0.0332. The molecule has 0 saturated carbocycles. The molecule has 0 atom stereocenters. The van der Waals surface area contributed by atoms with Crippen LogP contribution in [0.2, 0.25) is 0 Å². The summed E-state index contributed by atoms with van der Waals surface area (Å²) in [5, 5.41) is 0. The fourth-order valence-electron chi connectivity index (χ4n) is 0.910. The number of hydrogen-bond acceptors (Lipinski definition) is 5. The maximum absolute atomic E-state index is 11.4. The molecule has 7 nitrogen and oxygen atoms in total. The standard InChI is InChI=1S/C10H12N2O5/c1-5(2)10(15)17-16-8-6(13)3-4-12-7(8)9(11)14/h3-5H,1-2H3,(H2,11,14)(H,12,13). The minimum atomic E-state index is -0.890. The normalized spacial score (nSPS) is 10.1. The Morgan fingerprint density at radius 1 is 1.41 bits per heavy atom. The molecule has 0 aliphatic carbocycles. The summed E-state index contributed by atoms with van der Waals surface area (Å²) in [4.78, 5) is 44.9. The van der Waals surface area contributed by atoms with Crippen LogP contribution in [0.4, 0.5) is 0 Å². The Morgan fingerprint density at radius 2 is 2.06 bits per heavy atom. The Kier molecular flexibility index (Phi) is 3.86. The topological polar surface area (TPSA) is 111 Å². The molecule has 17 heavy (non-hydrogen) atoms. The van der Waals surface area contributed by atoms with Crippen LogP contribution in [0.3, 0.4) is 0 Å². The summed E-state index contributed by atoms with van der Waals surface area (Å²) in [6.07, 6.45) is 1.24. The van der Waals surface area contributed by atoms with Gasteiger partial charge in [0.1, 0.15) is 0 Å². The van der Waals surface area contributed by atoms with Crippen molar-refractivity contribution in [3.8, 4) is 5.75 Å². The van der Waals surface area contributed by atoms with Crippen molar-refractivity contribution in [2.24, 2.45) is 11.7 Å². The predicted molar refractivity (Wildman–Crippen MR) is 57.1 cm³/mol. The third-order valence-corrected chi connectivity index (χ3v) is 1.84. The highest BCUT2D eigenvalue weighted by atomic mass is 17.2. The molecule has 0 spiro atoms. The Bertz CT molecular complexity index is 492. The number of hydrogen-bond donors (Lipinski definition) is 2. The molecule has 1 amide bonds. The first-order valence-corrected chi connectivity index (χ1v) is 4.83. The number of carbonyl (C=O) groups excluding carboxylic acids is 2. The van der Waals surface area contributed by atoms with Gasteiger partial charge in [0.25, 0.3) is 11.7 Å². The van der Waals surface area contributed by atoms with Gasteiger partial charge in [-0.2, -0.15) is 0 Å². The summed E-state index contributed by atoms with van der Waals surface area (Å²) in [5.41, 5.74) is 4.15. The fourth-order valence-corrected chi connectivity index (χ4v) is 0.910. The summed E-state index contributed by atoms with van der Waals surface area (Å²) in [6.45, 7) is 3.19. The maximum atomic E-state index is 11.4. The van der Waals surface area contributed by atoms with Crippen LogP contribution < -0.4 is 16.1 Å². The molecular weight excluding hydrogens is 228 g/mol. The third-order valence-electron chi connectivity index (χ3n) is 1.84.